The van der Waals surface area contributed by atoms with E-state index in [1.807, 2.05) is 6.07 Å². The minimum Gasteiger partial charge on any atom is -0.476 e. The molecule has 3 aromatic rings. The number of pyridine rings is 1. The molecule has 0 unspecified atom stereocenters. The Hall–Kier alpha value is -2.54. The fourth-order valence-electron chi connectivity index (χ4n) is 2.95. The molecule has 0 aliphatic carbocycles. The molecule has 4 heterocycles. The van der Waals surface area contributed by atoms with Crippen LogP contribution in [0.4, 0.5) is 0 Å². The van der Waals surface area contributed by atoms with Crippen molar-refractivity contribution in [2.24, 2.45) is 5.92 Å². The van der Waals surface area contributed by atoms with Crippen molar-refractivity contribution in [1.29, 1.82) is 0 Å². The van der Waals surface area contributed by atoms with Gasteiger partial charge in [-0.05, 0) is 37.9 Å². The Labute approximate surface area is 139 Å². The number of aromatic nitrogens is 5. The average Bonchev–Trinajstić information content (AvgIpc) is 3.09. The lowest BCUT2D eigenvalue weighted by atomic mass is 9.99. The molecule has 0 aromatic carbocycles. The first-order chi connectivity index (χ1) is 11.9. The van der Waals surface area contributed by atoms with Crippen LogP contribution in [0.25, 0.3) is 11.0 Å². The van der Waals surface area contributed by atoms with Crippen LogP contribution in [0.1, 0.15) is 24.2 Å². The van der Waals surface area contributed by atoms with Crippen LogP contribution in [-0.4, -0.2) is 44.6 Å². The molecule has 4 rings (SSSR count). The quantitative estimate of drug-likeness (QED) is 0.743. The molecule has 7 nitrogen and oxygen atoms in total. The molecule has 1 fully saturated rings. The van der Waals surface area contributed by atoms with Crippen LogP contribution in [0.15, 0.2) is 31.0 Å². The zero-order chi connectivity index (χ0) is 16.2. The molecule has 1 aliphatic rings. The van der Waals surface area contributed by atoms with E-state index in [1.54, 1.807) is 24.9 Å². The van der Waals surface area contributed by atoms with Crippen LogP contribution in [-0.2, 0) is 6.42 Å². The van der Waals surface area contributed by atoms with Gasteiger partial charge in [-0.2, -0.15) is 0 Å². The molecule has 7 heteroatoms. The van der Waals surface area contributed by atoms with E-state index >= 15 is 0 Å². The van der Waals surface area contributed by atoms with E-state index in [0.717, 1.165) is 48.4 Å². The Morgan fingerprint density at radius 1 is 1.08 bits per heavy atom. The van der Waals surface area contributed by atoms with Crippen molar-refractivity contribution in [2.45, 2.75) is 19.3 Å². The second-order valence-corrected chi connectivity index (χ2v) is 6.13. The number of hydrogen-bond donors (Lipinski definition) is 2. The number of fused-ring (bicyclic) bond motifs is 1. The van der Waals surface area contributed by atoms with Gasteiger partial charge in [0.2, 0.25) is 5.88 Å². The van der Waals surface area contributed by atoms with Crippen LogP contribution in [0.2, 0.25) is 0 Å². The van der Waals surface area contributed by atoms with Crippen LogP contribution < -0.4 is 10.1 Å². The van der Waals surface area contributed by atoms with Crippen molar-refractivity contribution in [3.63, 3.8) is 0 Å². The normalized spacial score (nSPS) is 15.7. The maximum Gasteiger partial charge on any atom is 0.232 e. The predicted molar refractivity (Wildman–Crippen MR) is 89.8 cm³/mol. The SMILES string of the molecule is c1nc2cc(Cc3cncc(OCC4CCNCC4)n3)ncc2[nH]1. The van der Waals surface area contributed by atoms with Crippen molar-refractivity contribution in [3.05, 3.63) is 42.4 Å². The summed E-state index contributed by atoms with van der Waals surface area (Å²) in [5.41, 5.74) is 3.61. The second kappa shape index (κ2) is 6.92. The molecule has 1 aliphatic heterocycles. The molecule has 1 saturated heterocycles. The van der Waals surface area contributed by atoms with E-state index in [0.29, 0.717) is 24.8 Å². The highest BCUT2D eigenvalue weighted by molar-refractivity contribution is 5.73. The number of rotatable bonds is 5. The fraction of sp³-hybridized carbons (Fsp3) is 0.412. The van der Waals surface area contributed by atoms with Crippen LogP contribution >= 0.6 is 0 Å². The summed E-state index contributed by atoms with van der Waals surface area (Å²) >= 11 is 0. The van der Waals surface area contributed by atoms with E-state index in [4.69, 9.17) is 4.74 Å². The summed E-state index contributed by atoms with van der Waals surface area (Å²) in [5, 5.41) is 3.36. The van der Waals surface area contributed by atoms with E-state index in [2.05, 4.69) is 30.2 Å². The summed E-state index contributed by atoms with van der Waals surface area (Å²) in [7, 11) is 0. The third-order valence-corrected chi connectivity index (χ3v) is 4.31. The van der Waals surface area contributed by atoms with Gasteiger partial charge in [-0.1, -0.05) is 0 Å². The number of piperidine rings is 1. The van der Waals surface area contributed by atoms with Gasteiger partial charge in [0.25, 0.3) is 0 Å². The van der Waals surface area contributed by atoms with E-state index < -0.39 is 0 Å². The molecule has 124 valence electrons. The molecule has 3 aromatic heterocycles. The van der Waals surface area contributed by atoms with E-state index in [9.17, 15) is 0 Å². The van der Waals surface area contributed by atoms with Gasteiger partial charge in [-0.3, -0.25) is 9.97 Å². The molecule has 0 amide bonds. The van der Waals surface area contributed by atoms with Crippen LogP contribution in [0.3, 0.4) is 0 Å². The average molecular weight is 324 g/mol. The van der Waals surface area contributed by atoms with Gasteiger partial charge in [0.05, 0.1) is 42.1 Å². The molecule has 0 bridgehead atoms. The number of nitrogens with zero attached hydrogens (tertiary/aromatic N) is 4. The maximum atomic E-state index is 5.84. The molecular formula is C17H20N6O. The number of H-pyrrole nitrogens is 1. The standard InChI is InChI=1S/C17H20N6O/c1-3-18-4-2-12(1)10-24-17-9-19-7-14(23-17)5-13-6-15-16(8-20-13)22-11-21-15/h6-9,11-12,18H,1-5,10H2,(H,21,22). The molecule has 0 spiro atoms. The van der Waals surface area contributed by atoms with Crippen molar-refractivity contribution in [1.82, 2.24) is 30.2 Å². The minimum absolute atomic E-state index is 0.590. The number of imidazole rings is 1. The van der Waals surface area contributed by atoms with Crippen molar-refractivity contribution in [3.8, 4) is 5.88 Å². The molecule has 0 saturated carbocycles. The Kier molecular flexibility index (Phi) is 4.33. The van der Waals surface area contributed by atoms with Gasteiger partial charge in [0.1, 0.15) is 0 Å². The van der Waals surface area contributed by atoms with Crippen LogP contribution in [0, 0.1) is 5.92 Å². The summed E-state index contributed by atoms with van der Waals surface area (Å²) in [6.45, 7) is 2.85. The third-order valence-electron chi connectivity index (χ3n) is 4.31. The van der Waals surface area contributed by atoms with E-state index in [-0.39, 0.29) is 0 Å². The summed E-state index contributed by atoms with van der Waals surface area (Å²) in [4.78, 5) is 20.5. The first-order valence-electron chi connectivity index (χ1n) is 8.29. The number of ether oxygens (including phenoxy) is 1. The zero-order valence-corrected chi connectivity index (χ0v) is 13.4. The zero-order valence-electron chi connectivity index (χ0n) is 13.4. The Balaban J connectivity index is 1.41. The Morgan fingerprint density at radius 2 is 2.00 bits per heavy atom. The number of hydrogen-bond acceptors (Lipinski definition) is 6. The Morgan fingerprint density at radius 3 is 2.92 bits per heavy atom. The summed E-state index contributed by atoms with van der Waals surface area (Å²) in [6, 6.07) is 1.97. The van der Waals surface area contributed by atoms with Gasteiger partial charge < -0.3 is 15.0 Å². The van der Waals surface area contributed by atoms with Gasteiger partial charge in [0, 0.05) is 18.3 Å². The first-order valence-corrected chi connectivity index (χ1v) is 8.29. The molecule has 24 heavy (non-hydrogen) atoms. The molecule has 0 radical (unpaired) electrons. The summed E-state index contributed by atoms with van der Waals surface area (Å²) in [5.74, 6) is 1.19. The lowest BCUT2D eigenvalue weighted by Crippen LogP contribution is -2.30. The largest absolute Gasteiger partial charge is 0.476 e. The van der Waals surface area contributed by atoms with Crippen molar-refractivity contribution >= 4 is 11.0 Å². The number of nitrogens with one attached hydrogen (secondary N) is 2. The minimum atomic E-state index is 0.590. The highest BCUT2D eigenvalue weighted by atomic mass is 16.5. The summed E-state index contributed by atoms with van der Waals surface area (Å²) < 4.78 is 5.84. The van der Waals surface area contributed by atoms with Gasteiger partial charge >= 0.3 is 0 Å². The van der Waals surface area contributed by atoms with Crippen LogP contribution in [0.5, 0.6) is 5.88 Å². The number of aromatic amines is 1. The van der Waals surface area contributed by atoms with Crippen molar-refractivity contribution in [2.75, 3.05) is 19.7 Å². The lowest BCUT2D eigenvalue weighted by Gasteiger charge is -2.22. The first kappa shape index (κ1) is 15.0. The topological polar surface area (TPSA) is 88.6 Å². The molecule has 0 atom stereocenters. The third kappa shape index (κ3) is 3.51. The van der Waals surface area contributed by atoms with Crippen molar-refractivity contribution < 1.29 is 4.74 Å². The molecule has 2 N–H and O–H groups in total. The van der Waals surface area contributed by atoms with Gasteiger partial charge in [-0.25, -0.2) is 9.97 Å². The van der Waals surface area contributed by atoms with E-state index in [1.165, 1.54) is 0 Å². The van der Waals surface area contributed by atoms with Gasteiger partial charge in [0.15, 0.2) is 0 Å². The maximum absolute atomic E-state index is 5.84. The highest BCUT2D eigenvalue weighted by Crippen LogP contribution is 2.16. The second-order valence-electron chi connectivity index (χ2n) is 6.13. The summed E-state index contributed by atoms with van der Waals surface area (Å²) in [6.07, 6.45) is 9.82. The predicted octanol–water partition coefficient (Wildman–Crippen LogP) is 1.72. The lowest BCUT2D eigenvalue weighted by molar-refractivity contribution is 0.208. The molecular weight excluding hydrogens is 304 g/mol. The van der Waals surface area contributed by atoms with Gasteiger partial charge in [-0.15, -0.1) is 0 Å². The smallest absolute Gasteiger partial charge is 0.232 e. The Bertz CT molecular complexity index is 811. The fourth-order valence-corrected chi connectivity index (χ4v) is 2.95. The highest BCUT2D eigenvalue weighted by Gasteiger charge is 2.14. The monoisotopic (exact) mass is 324 g/mol.